The second-order valence-corrected chi connectivity index (χ2v) is 7.62. The van der Waals surface area contributed by atoms with Crippen molar-refractivity contribution in [3.8, 4) is 0 Å². The van der Waals surface area contributed by atoms with Crippen LogP contribution in [-0.2, 0) is 11.2 Å². The molecule has 2 unspecified atom stereocenters. The highest BCUT2D eigenvalue weighted by atomic mass is 32.2. The number of benzene rings is 1. The molecule has 0 amide bonds. The molecule has 2 atom stereocenters. The molecule has 0 aliphatic carbocycles. The van der Waals surface area contributed by atoms with E-state index in [2.05, 4.69) is 25.1 Å². The molecular formula is C18H26O2S. The molecule has 3 heteroatoms. The molecule has 1 aromatic rings. The molecule has 3 rings (SSSR count). The average molecular weight is 306 g/mol. The molecule has 2 nitrogen and oxygen atoms in total. The third kappa shape index (κ3) is 3.30. The molecule has 116 valence electrons. The monoisotopic (exact) mass is 306 g/mol. The van der Waals surface area contributed by atoms with Crippen molar-refractivity contribution in [3.63, 3.8) is 0 Å². The van der Waals surface area contributed by atoms with E-state index in [1.807, 2.05) is 17.8 Å². The lowest BCUT2D eigenvalue weighted by Gasteiger charge is -2.44. The normalized spacial score (nSPS) is 26.7. The van der Waals surface area contributed by atoms with Gasteiger partial charge >= 0.3 is 0 Å². The lowest BCUT2D eigenvalue weighted by atomic mass is 9.77. The van der Waals surface area contributed by atoms with Gasteiger partial charge in [-0.25, -0.2) is 0 Å². The largest absolute Gasteiger partial charge is 0.388 e. The van der Waals surface area contributed by atoms with Gasteiger partial charge in [-0.15, -0.1) is 0 Å². The quantitative estimate of drug-likeness (QED) is 0.916. The Balaban J connectivity index is 1.76. The minimum Gasteiger partial charge on any atom is -0.388 e. The van der Waals surface area contributed by atoms with Crippen LogP contribution in [0, 0.1) is 5.92 Å². The Morgan fingerprint density at radius 3 is 2.86 bits per heavy atom. The number of hydrogen-bond acceptors (Lipinski definition) is 3. The van der Waals surface area contributed by atoms with Crippen LogP contribution in [0.4, 0.5) is 0 Å². The summed E-state index contributed by atoms with van der Waals surface area (Å²) in [7, 11) is 0. The minimum atomic E-state index is -0.337. The van der Waals surface area contributed by atoms with E-state index in [9.17, 15) is 5.11 Å². The van der Waals surface area contributed by atoms with Gasteiger partial charge in [-0.1, -0.05) is 31.2 Å². The highest BCUT2D eigenvalue weighted by Crippen LogP contribution is 2.43. The molecule has 2 saturated heterocycles. The first-order valence-electron chi connectivity index (χ1n) is 8.22. The van der Waals surface area contributed by atoms with Crippen LogP contribution in [0.3, 0.4) is 0 Å². The summed E-state index contributed by atoms with van der Waals surface area (Å²) in [5.41, 5.74) is 2.47. The first kappa shape index (κ1) is 15.4. The van der Waals surface area contributed by atoms with Crippen molar-refractivity contribution in [3.05, 3.63) is 35.4 Å². The molecule has 2 aliphatic rings. The molecule has 1 spiro atoms. The summed E-state index contributed by atoms with van der Waals surface area (Å²) in [4.78, 5) is 0. The van der Waals surface area contributed by atoms with Crippen molar-refractivity contribution >= 4 is 11.8 Å². The van der Waals surface area contributed by atoms with Gasteiger partial charge in [-0.05, 0) is 60.7 Å². The van der Waals surface area contributed by atoms with Gasteiger partial charge in [0.25, 0.3) is 0 Å². The average Bonchev–Trinajstić information content (AvgIpc) is 2.55. The molecule has 21 heavy (non-hydrogen) atoms. The summed E-state index contributed by atoms with van der Waals surface area (Å²) in [6.45, 7) is 2.97. The fourth-order valence-corrected chi connectivity index (χ4v) is 5.06. The van der Waals surface area contributed by atoms with Gasteiger partial charge in [0.1, 0.15) is 0 Å². The van der Waals surface area contributed by atoms with Gasteiger partial charge < -0.3 is 9.84 Å². The van der Waals surface area contributed by atoms with Gasteiger partial charge in [0, 0.05) is 6.61 Å². The molecule has 2 heterocycles. The maximum atomic E-state index is 10.9. The van der Waals surface area contributed by atoms with E-state index < -0.39 is 0 Å². The third-order valence-electron chi connectivity index (χ3n) is 5.14. The number of thioether (sulfide) groups is 1. The van der Waals surface area contributed by atoms with Gasteiger partial charge in [0.15, 0.2) is 0 Å². The van der Waals surface area contributed by atoms with E-state index in [0.717, 1.165) is 44.3 Å². The van der Waals surface area contributed by atoms with Gasteiger partial charge in [-0.3, -0.25) is 0 Å². The lowest BCUT2D eigenvalue weighted by Crippen LogP contribution is -2.44. The molecule has 2 fully saturated rings. The molecule has 2 aliphatic heterocycles. The van der Waals surface area contributed by atoms with Crippen LogP contribution in [0.2, 0.25) is 0 Å². The maximum Gasteiger partial charge on any atom is 0.0822 e. The first-order chi connectivity index (χ1) is 10.2. The van der Waals surface area contributed by atoms with Crippen LogP contribution in [0.25, 0.3) is 0 Å². The van der Waals surface area contributed by atoms with Crippen molar-refractivity contribution in [1.29, 1.82) is 0 Å². The number of ether oxygens (including phenoxy) is 1. The van der Waals surface area contributed by atoms with E-state index in [0.29, 0.717) is 5.92 Å². The Kier molecular flexibility index (Phi) is 4.92. The number of aryl methyl sites for hydroxylation is 1. The summed E-state index contributed by atoms with van der Waals surface area (Å²) >= 11 is 2.03. The number of aliphatic hydroxyl groups excluding tert-OH is 1. The maximum absolute atomic E-state index is 10.9. The zero-order chi connectivity index (χ0) is 14.7. The molecule has 0 saturated carbocycles. The molecule has 0 aromatic heterocycles. The van der Waals surface area contributed by atoms with E-state index >= 15 is 0 Å². The number of rotatable bonds is 3. The molecule has 0 radical (unpaired) electrons. The van der Waals surface area contributed by atoms with Crippen molar-refractivity contribution in [2.75, 3.05) is 18.1 Å². The summed E-state index contributed by atoms with van der Waals surface area (Å²) in [5, 5.41) is 10.9. The van der Waals surface area contributed by atoms with Gasteiger partial charge in [0.05, 0.1) is 11.7 Å². The van der Waals surface area contributed by atoms with Crippen LogP contribution in [0.1, 0.15) is 49.8 Å². The Morgan fingerprint density at radius 2 is 2.10 bits per heavy atom. The van der Waals surface area contributed by atoms with Crippen LogP contribution in [0.15, 0.2) is 24.3 Å². The van der Waals surface area contributed by atoms with Crippen LogP contribution >= 0.6 is 11.8 Å². The molecule has 1 aromatic carbocycles. The van der Waals surface area contributed by atoms with Crippen molar-refractivity contribution < 1.29 is 9.84 Å². The predicted molar refractivity (Wildman–Crippen MR) is 88.7 cm³/mol. The SMILES string of the molecule is CCc1ccccc1C(O)C1CCOC2(CCSCC2)C1. The Morgan fingerprint density at radius 1 is 1.33 bits per heavy atom. The zero-order valence-electron chi connectivity index (χ0n) is 12.9. The van der Waals surface area contributed by atoms with Gasteiger partial charge in [0.2, 0.25) is 0 Å². The lowest BCUT2D eigenvalue weighted by molar-refractivity contribution is -0.121. The van der Waals surface area contributed by atoms with Crippen molar-refractivity contribution in [2.24, 2.45) is 5.92 Å². The second kappa shape index (κ2) is 6.72. The molecule has 0 bridgehead atoms. The minimum absolute atomic E-state index is 0.0519. The number of hydrogen-bond donors (Lipinski definition) is 1. The standard InChI is InChI=1S/C18H26O2S/c1-2-14-5-3-4-6-16(14)17(19)15-7-10-20-18(13-15)8-11-21-12-9-18/h3-6,15,17,19H,2,7-13H2,1H3. The summed E-state index contributed by atoms with van der Waals surface area (Å²) in [6.07, 6.45) is 4.95. The Bertz CT molecular complexity index is 463. The van der Waals surface area contributed by atoms with Gasteiger partial charge in [-0.2, -0.15) is 11.8 Å². The molecular weight excluding hydrogens is 280 g/mol. The van der Waals surface area contributed by atoms with Crippen molar-refractivity contribution in [1.82, 2.24) is 0 Å². The zero-order valence-corrected chi connectivity index (χ0v) is 13.7. The first-order valence-corrected chi connectivity index (χ1v) is 9.37. The van der Waals surface area contributed by atoms with Crippen LogP contribution < -0.4 is 0 Å². The fourth-order valence-electron chi connectivity index (χ4n) is 3.83. The van der Waals surface area contributed by atoms with E-state index in [4.69, 9.17) is 4.74 Å². The van der Waals surface area contributed by atoms with E-state index in [1.54, 1.807) is 0 Å². The smallest absolute Gasteiger partial charge is 0.0822 e. The Labute approximate surface area is 132 Å². The molecule has 1 N–H and O–H groups in total. The summed E-state index contributed by atoms with van der Waals surface area (Å²) < 4.78 is 6.15. The summed E-state index contributed by atoms with van der Waals surface area (Å²) in [5.74, 6) is 2.75. The second-order valence-electron chi connectivity index (χ2n) is 6.39. The highest BCUT2D eigenvalue weighted by Gasteiger charge is 2.41. The van der Waals surface area contributed by atoms with Crippen LogP contribution in [-0.4, -0.2) is 28.8 Å². The van der Waals surface area contributed by atoms with Crippen LogP contribution in [0.5, 0.6) is 0 Å². The van der Waals surface area contributed by atoms with Crippen molar-refractivity contribution in [2.45, 2.75) is 50.7 Å². The number of aliphatic hydroxyl groups is 1. The fraction of sp³-hybridized carbons (Fsp3) is 0.667. The van der Waals surface area contributed by atoms with E-state index in [1.165, 1.54) is 17.1 Å². The third-order valence-corrected chi connectivity index (χ3v) is 6.12. The van der Waals surface area contributed by atoms with E-state index in [-0.39, 0.29) is 11.7 Å². The Hall–Kier alpha value is -0.510. The summed E-state index contributed by atoms with van der Waals surface area (Å²) in [6, 6.07) is 8.36. The predicted octanol–water partition coefficient (Wildman–Crippen LogP) is 3.97. The topological polar surface area (TPSA) is 29.5 Å². The highest BCUT2D eigenvalue weighted by molar-refractivity contribution is 7.99.